The Morgan fingerprint density at radius 2 is 1.97 bits per heavy atom. The number of nitrogens with one attached hydrogen (secondary N) is 1. The van der Waals surface area contributed by atoms with Gasteiger partial charge in [-0.15, -0.1) is 6.58 Å². The Bertz CT molecular complexity index is 1020. The summed E-state index contributed by atoms with van der Waals surface area (Å²) in [5.74, 6) is -0.193. The molecule has 0 fully saturated rings. The number of nitro groups is 1. The fourth-order valence-corrected chi connectivity index (χ4v) is 3.93. The molecule has 9 nitrogen and oxygen atoms in total. The number of rotatable bonds is 9. The highest BCUT2D eigenvalue weighted by Gasteiger charge is 2.26. The molecule has 29 heavy (non-hydrogen) atoms. The maximum atomic E-state index is 12.8. The summed E-state index contributed by atoms with van der Waals surface area (Å²) in [6, 6.07) is 9.46. The van der Waals surface area contributed by atoms with Gasteiger partial charge in [0.25, 0.3) is 5.69 Å². The first kappa shape index (κ1) is 22.3. The van der Waals surface area contributed by atoms with Crippen LogP contribution in [-0.4, -0.2) is 43.8 Å². The zero-order valence-corrected chi connectivity index (χ0v) is 16.9. The monoisotopic (exact) mass is 439 g/mol. The maximum Gasteiger partial charge on any atom is 0.289 e. The van der Waals surface area contributed by atoms with Gasteiger partial charge in [-0.2, -0.15) is 4.31 Å². The van der Waals surface area contributed by atoms with E-state index in [4.69, 9.17) is 16.3 Å². The van der Waals surface area contributed by atoms with E-state index < -0.39 is 27.4 Å². The molecule has 0 aromatic heterocycles. The number of sulfonamides is 1. The molecule has 0 aliphatic heterocycles. The second kappa shape index (κ2) is 9.50. The topological polar surface area (TPSA) is 119 Å². The summed E-state index contributed by atoms with van der Waals surface area (Å²) in [5, 5.41) is 13.3. The lowest BCUT2D eigenvalue weighted by Gasteiger charge is -2.20. The average molecular weight is 440 g/mol. The van der Waals surface area contributed by atoms with E-state index in [1.807, 2.05) is 0 Å². The minimum absolute atomic E-state index is 0.0184. The van der Waals surface area contributed by atoms with E-state index in [1.165, 1.54) is 49.6 Å². The van der Waals surface area contributed by atoms with Gasteiger partial charge in [0, 0.05) is 18.3 Å². The minimum Gasteiger partial charge on any atom is -0.497 e. The third-order valence-electron chi connectivity index (χ3n) is 3.78. The summed E-state index contributed by atoms with van der Waals surface area (Å²) in [6.45, 7) is 2.89. The minimum atomic E-state index is -3.99. The molecule has 0 heterocycles. The molecule has 0 unspecified atom stereocenters. The lowest BCUT2D eigenvalue weighted by atomic mass is 10.3. The first-order chi connectivity index (χ1) is 13.7. The molecule has 0 radical (unpaired) electrons. The van der Waals surface area contributed by atoms with Crippen molar-refractivity contribution in [3.63, 3.8) is 0 Å². The molecule has 0 atom stereocenters. The fraction of sp³-hybridized carbons (Fsp3) is 0.167. The van der Waals surface area contributed by atoms with E-state index in [9.17, 15) is 23.3 Å². The molecule has 0 aliphatic rings. The lowest BCUT2D eigenvalue weighted by Crippen LogP contribution is -2.38. The summed E-state index contributed by atoms with van der Waals surface area (Å²) >= 11 is 5.74. The molecule has 0 bridgehead atoms. The van der Waals surface area contributed by atoms with Crippen molar-refractivity contribution in [1.29, 1.82) is 0 Å². The molecular weight excluding hydrogens is 422 g/mol. The van der Waals surface area contributed by atoms with Crippen LogP contribution in [-0.2, 0) is 14.8 Å². The number of methoxy groups -OCH3 is 1. The fourth-order valence-electron chi connectivity index (χ4n) is 2.38. The highest BCUT2D eigenvalue weighted by atomic mass is 35.5. The Balaban J connectivity index is 2.21. The Morgan fingerprint density at radius 1 is 1.31 bits per heavy atom. The van der Waals surface area contributed by atoms with E-state index in [1.54, 1.807) is 0 Å². The van der Waals surface area contributed by atoms with Crippen LogP contribution in [0, 0.1) is 10.1 Å². The second-order valence-corrected chi connectivity index (χ2v) is 8.08. The maximum absolute atomic E-state index is 12.8. The summed E-state index contributed by atoms with van der Waals surface area (Å²) in [4.78, 5) is 22.6. The molecule has 154 valence electrons. The van der Waals surface area contributed by atoms with Crippen molar-refractivity contribution in [2.45, 2.75) is 4.90 Å². The third-order valence-corrected chi connectivity index (χ3v) is 5.92. The van der Waals surface area contributed by atoms with Crippen LogP contribution in [0.4, 0.5) is 11.4 Å². The van der Waals surface area contributed by atoms with Crippen LogP contribution in [0.25, 0.3) is 0 Å². The molecule has 1 N–H and O–H groups in total. The van der Waals surface area contributed by atoms with Crippen molar-refractivity contribution in [3.05, 3.63) is 70.3 Å². The Kier molecular flexibility index (Phi) is 7.32. The number of ether oxygens (including phenoxy) is 1. The summed E-state index contributed by atoms with van der Waals surface area (Å²) < 4.78 is 31.6. The van der Waals surface area contributed by atoms with E-state index in [0.717, 1.165) is 10.4 Å². The first-order valence-corrected chi connectivity index (χ1v) is 9.99. The van der Waals surface area contributed by atoms with Gasteiger partial charge >= 0.3 is 0 Å². The van der Waals surface area contributed by atoms with Crippen molar-refractivity contribution in [2.75, 3.05) is 25.5 Å². The van der Waals surface area contributed by atoms with Crippen LogP contribution in [0.5, 0.6) is 5.75 Å². The van der Waals surface area contributed by atoms with Crippen LogP contribution < -0.4 is 10.1 Å². The number of hydrogen-bond donors (Lipinski definition) is 1. The first-order valence-electron chi connectivity index (χ1n) is 8.18. The van der Waals surface area contributed by atoms with Crippen LogP contribution in [0.2, 0.25) is 5.02 Å². The number of amides is 1. The summed E-state index contributed by atoms with van der Waals surface area (Å²) in [7, 11) is -2.53. The predicted molar refractivity (Wildman–Crippen MR) is 109 cm³/mol. The van der Waals surface area contributed by atoms with Gasteiger partial charge in [-0.05, 0) is 36.4 Å². The van der Waals surface area contributed by atoms with Crippen molar-refractivity contribution < 1.29 is 22.9 Å². The van der Waals surface area contributed by atoms with Crippen LogP contribution in [0.3, 0.4) is 0 Å². The molecule has 2 aromatic carbocycles. The summed E-state index contributed by atoms with van der Waals surface area (Å²) in [6.07, 6.45) is 1.35. The number of carbonyl (C=O) groups excluding carboxylic acids is 1. The SMILES string of the molecule is C=CCN(CC(=O)Nc1ccc(Cl)c([N+](=O)[O-])c1)S(=O)(=O)c1ccc(OC)cc1. The molecule has 2 aromatic rings. The lowest BCUT2D eigenvalue weighted by molar-refractivity contribution is -0.384. The smallest absolute Gasteiger partial charge is 0.289 e. The molecule has 0 saturated carbocycles. The quantitative estimate of drug-likeness (QED) is 0.364. The van der Waals surface area contributed by atoms with E-state index in [0.29, 0.717) is 5.75 Å². The molecule has 11 heteroatoms. The number of nitrogens with zero attached hydrogens (tertiary/aromatic N) is 2. The normalized spacial score (nSPS) is 11.1. The van der Waals surface area contributed by atoms with Crippen molar-refractivity contribution in [3.8, 4) is 5.75 Å². The van der Waals surface area contributed by atoms with Gasteiger partial charge < -0.3 is 10.1 Å². The third kappa shape index (κ3) is 5.53. The average Bonchev–Trinajstić information content (AvgIpc) is 2.69. The second-order valence-electron chi connectivity index (χ2n) is 5.73. The number of hydrogen-bond acceptors (Lipinski definition) is 6. The van der Waals surface area contributed by atoms with E-state index in [-0.39, 0.29) is 27.8 Å². The van der Waals surface area contributed by atoms with Crippen molar-refractivity contribution in [2.24, 2.45) is 0 Å². The molecule has 0 aliphatic carbocycles. The summed E-state index contributed by atoms with van der Waals surface area (Å²) in [5.41, 5.74) is -0.259. The molecule has 1 amide bonds. The van der Waals surface area contributed by atoms with Gasteiger partial charge in [0.15, 0.2) is 0 Å². The van der Waals surface area contributed by atoms with Gasteiger partial charge in [-0.1, -0.05) is 17.7 Å². The molecule has 0 saturated heterocycles. The van der Waals surface area contributed by atoms with Gasteiger partial charge in [0.1, 0.15) is 10.8 Å². The van der Waals surface area contributed by atoms with Crippen LogP contribution in [0.15, 0.2) is 60.0 Å². The van der Waals surface area contributed by atoms with Crippen LogP contribution >= 0.6 is 11.6 Å². The van der Waals surface area contributed by atoms with Gasteiger partial charge in [0.2, 0.25) is 15.9 Å². The number of halogens is 1. The van der Waals surface area contributed by atoms with Crippen LogP contribution in [0.1, 0.15) is 0 Å². The Morgan fingerprint density at radius 3 is 2.52 bits per heavy atom. The number of carbonyl (C=O) groups is 1. The largest absolute Gasteiger partial charge is 0.497 e. The standard InChI is InChI=1S/C18H18ClN3O6S/c1-3-10-21(29(26,27)15-7-5-14(28-2)6-8-15)12-18(23)20-13-4-9-16(19)17(11-13)22(24)25/h3-9,11H,1,10,12H2,2H3,(H,20,23). The predicted octanol–water partition coefficient (Wildman–Crippen LogP) is 3.07. The van der Waals surface area contributed by atoms with E-state index >= 15 is 0 Å². The van der Waals surface area contributed by atoms with Crippen molar-refractivity contribution >= 4 is 38.9 Å². The molecular formula is C18H18ClN3O6S. The van der Waals surface area contributed by atoms with E-state index in [2.05, 4.69) is 11.9 Å². The zero-order chi connectivity index (χ0) is 21.6. The van der Waals surface area contributed by atoms with Gasteiger partial charge in [0.05, 0.1) is 23.5 Å². The molecule has 0 spiro atoms. The number of nitro benzene ring substituents is 1. The number of benzene rings is 2. The highest BCUT2D eigenvalue weighted by molar-refractivity contribution is 7.89. The van der Waals surface area contributed by atoms with Gasteiger partial charge in [-0.3, -0.25) is 14.9 Å². The Hall–Kier alpha value is -2.95. The van der Waals surface area contributed by atoms with Crippen molar-refractivity contribution in [1.82, 2.24) is 4.31 Å². The zero-order valence-electron chi connectivity index (χ0n) is 15.4. The number of anilines is 1. The van der Waals surface area contributed by atoms with Gasteiger partial charge in [-0.25, -0.2) is 8.42 Å². The highest BCUT2D eigenvalue weighted by Crippen LogP contribution is 2.27. The molecule has 2 rings (SSSR count). The Labute approximate surface area is 172 Å².